The van der Waals surface area contributed by atoms with Crippen LogP contribution in [0.15, 0.2) is 22.7 Å². The molecule has 5 nitrogen and oxygen atoms in total. The minimum Gasteiger partial charge on any atom is -0.481 e. The maximum absolute atomic E-state index is 13.7. The van der Waals surface area contributed by atoms with Crippen molar-refractivity contribution in [3.8, 4) is 5.75 Å². The minimum absolute atomic E-state index is 0.00463. The Labute approximate surface area is 116 Å². The van der Waals surface area contributed by atoms with Crippen LogP contribution in [0.1, 0.15) is 50.1 Å². The number of hydrogen-bond donors (Lipinski definition) is 1. The monoisotopic (exact) mass is 280 g/mol. The minimum atomic E-state index is -0.719. The molecular formula is C14H17FN2O3. The van der Waals surface area contributed by atoms with Gasteiger partial charge in [0.25, 0.3) is 5.89 Å². The van der Waals surface area contributed by atoms with Crippen LogP contribution in [0.4, 0.5) is 4.39 Å². The van der Waals surface area contributed by atoms with Crippen LogP contribution in [0.3, 0.4) is 0 Å². The second-order valence-electron chi connectivity index (χ2n) is 4.86. The molecule has 6 heteroatoms. The summed E-state index contributed by atoms with van der Waals surface area (Å²) >= 11 is 0. The summed E-state index contributed by atoms with van der Waals surface area (Å²) in [5.74, 6) is 0.599. The lowest BCUT2D eigenvalue weighted by atomic mass is 10.1. The summed E-state index contributed by atoms with van der Waals surface area (Å²) in [6.45, 7) is 5.47. The Kier molecular flexibility index (Phi) is 4.34. The fourth-order valence-corrected chi connectivity index (χ4v) is 1.59. The molecule has 2 rings (SSSR count). The SMILES string of the molecule is CC(C)c1noc(COc2ccc([C@H](C)O)cc2F)n1. The first kappa shape index (κ1) is 14.5. The van der Waals surface area contributed by atoms with Crippen molar-refractivity contribution >= 4 is 0 Å². The normalized spacial score (nSPS) is 12.7. The second-order valence-corrected chi connectivity index (χ2v) is 4.86. The van der Waals surface area contributed by atoms with E-state index in [9.17, 15) is 9.50 Å². The van der Waals surface area contributed by atoms with Crippen LogP contribution >= 0.6 is 0 Å². The standard InChI is InChI=1S/C14H17FN2O3/c1-8(2)14-16-13(20-17-14)7-19-12-5-4-10(9(3)18)6-11(12)15/h4-6,8-9,18H,7H2,1-3H3/t9-/m0/s1. The number of aliphatic hydroxyl groups excluding tert-OH is 1. The topological polar surface area (TPSA) is 68.4 Å². The average Bonchev–Trinajstić information content (AvgIpc) is 2.86. The Balaban J connectivity index is 2.03. The molecule has 0 bridgehead atoms. The molecule has 1 atom stereocenters. The van der Waals surface area contributed by atoms with Crippen LogP contribution in [-0.2, 0) is 6.61 Å². The molecule has 0 spiro atoms. The van der Waals surface area contributed by atoms with Gasteiger partial charge in [-0.1, -0.05) is 25.1 Å². The predicted molar refractivity (Wildman–Crippen MR) is 69.8 cm³/mol. The van der Waals surface area contributed by atoms with Crippen molar-refractivity contribution in [3.05, 3.63) is 41.3 Å². The molecule has 1 heterocycles. The van der Waals surface area contributed by atoms with Gasteiger partial charge in [0.15, 0.2) is 24.0 Å². The highest BCUT2D eigenvalue weighted by Gasteiger charge is 2.12. The van der Waals surface area contributed by atoms with E-state index in [4.69, 9.17) is 9.26 Å². The Morgan fingerprint density at radius 3 is 2.65 bits per heavy atom. The van der Waals surface area contributed by atoms with Crippen LogP contribution in [0.2, 0.25) is 0 Å². The zero-order valence-electron chi connectivity index (χ0n) is 11.6. The summed E-state index contributed by atoms with van der Waals surface area (Å²) in [4.78, 5) is 4.14. The highest BCUT2D eigenvalue weighted by atomic mass is 19.1. The van der Waals surface area contributed by atoms with Crippen molar-refractivity contribution in [1.29, 1.82) is 0 Å². The van der Waals surface area contributed by atoms with Gasteiger partial charge in [-0.25, -0.2) is 4.39 Å². The molecule has 1 N–H and O–H groups in total. The van der Waals surface area contributed by atoms with Crippen molar-refractivity contribution in [2.45, 2.75) is 39.4 Å². The number of rotatable bonds is 5. The van der Waals surface area contributed by atoms with E-state index in [2.05, 4.69) is 10.1 Å². The van der Waals surface area contributed by atoms with Crippen molar-refractivity contribution in [2.24, 2.45) is 0 Å². The molecule has 0 saturated heterocycles. The van der Waals surface area contributed by atoms with E-state index in [1.807, 2.05) is 13.8 Å². The molecule has 0 unspecified atom stereocenters. The fraction of sp³-hybridized carbons (Fsp3) is 0.429. The second kappa shape index (κ2) is 6.00. The predicted octanol–water partition coefficient (Wildman–Crippen LogP) is 2.96. The van der Waals surface area contributed by atoms with E-state index in [-0.39, 0.29) is 18.3 Å². The molecule has 0 amide bonds. The summed E-state index contributed by atoms with van der Waals surface area (Å²) in [6, 6.07) is 4.32. The van der Waals surface area contributed by atoms with Gasteiger partial charge in [0.2, 0.25) is 0 Å². The molecule has 2 aromatic rings. The largest absolute Gasteiger partial charge is 0.481 e. The van der Waals surface area contributed by atoms with Crippen molar-refractivity contribution < 1.29 is 18.8 Å². The van der Waals surface area contributed by atoms with E-state index in [1.54, 1.807) is 13.0 Å². The Bertz CT molecular complexity index is 582. The van der Waals surface area contributed by atoms with E-state index < -0.39 is 11.9 Å². The van der Waals surface area contributed by atoms with Gasteiger partial charge < -0.3 is 14.4 Å². The summed E-state index contributed by atoms with van der Waals surface area (Å²) in [6.07, 6.45) is -0.719. The van der Waals surface area contributed by atoms with E-state index in [0.717, 1.165) is 0 Å². The Morgan fingerprint density at radius 1 is 1.35 bits per heavy atom. The van der Waals surface area contributed by atoms with Gasteiger partial charge in [0, 0.05) is 5.92 Å². The first-order chi connectivity index (χ1) is 9.47. The van der Waals surface area contributed by atoms with E-state index in [1.165, 1.54) is 12.1 Å². The number of ether oxygens (including phenoxy) is 1. The molecule has 0 saturated carbocycles. The summed E-state index contributed by atoms with van der Waals surface area (Å²) in [7, 11) is 0. The lowest BCUT2D eigenvalue weighted by molar-refractivity contribution is 0.198. The summed E-state index contributed by atoms with van der Waals surface area (Å²) in [5, 5.41) is 13.2. The lowest BCUT2D eigenvalue weighted by Crippen LogP contribution is -2.00. The van der Waals surface area contributed by atoms with Gasteiger partial charge in [0.05, 0.1) is 6.10 Å². The number of nitrogens with zero attached hydrogens (tertiary/aromatic N) is 2. The number of aromatic nitrogens is 2. The molecule has 1 aromatic carbocycles. The Hall–Kier alpha value is -1.95. The van der Waals surface area contributed by atoms with E-state index >= 15 is 0 Å². The highest BCUT2D eigenvalue weighted by Crippen LogP contribution is 2.22. The third-order valence-electron chi connectivity index (χ3n) is 2.79. The number of halogens is 1. The first-order valence-electron chi connectivity index (χ1n) is 6.40. The highest BCUT2D eigenvalue weighted by molar-refractivity contribution is 5.30. The van der Waals surface area contributed by atoms with Gasteiger partial charge in [0.1, 0.15) is 0 Å². The lowest BCUT2D eigenvalue weighted by Gasteiger charge is -2.08. The molecule has 0 radical (unpaired) electrons. The zero-order valence-corrected chi connectivity index (χ0v) is 11.6. The van der Waals surface area contributed by atoms with Crippen molar-refractivity contribution in [1.82, 2.24) is 10.1 Å². The maximum Gasteiger partial charge on any atom is 0.264 e. The first-order valence-corrected chi connectivity index (χ1v) is 6.40. The van der Waals surface area contributed by atoms with Crippen LogP contribution in [-0.4, -0.2) is 15.2 Å². The molecular weight excluding hydrogens is 263 g/mol. The third kappa shape index (κ3) is 3.33. The number of benzene rings is 1. The zero-order chi connectivity index (χ0) is 14.7. The molecule has 0 fully saturated rings. The Morgan fingerprint density at radius 2 is 2.10 bits per heavy atom. The maximum atomic E-state index is 13.7. The van der Waals surface area contributed by atoms with Crippen LogP contribution in [0, 0.1) is 5.82 Å². The number of hydrogen-bond acceptors (Lipinski definition) is 5. The summed E-state index contributed by atoms with van der Waals surface area (Å²) in [5.41, 5.74) is 0.495. The van der Waals surface area contributed by atoms with Gasteiger partial charge >= 0.3 is 0 Å². The molecule has 0 aliphatic rings. The molecule has 108 valence electrons. The quantitative estimate of drug-likeness (QED) is 0.912. The van der Waals surface area contributed by atoms with E-state index in [0.29, 0.717) is 17.3 Å². The van der Waals surface area contributed by atoms with Crippen LogP contribution < -0.4 is 4.74 Å². The molecule has 0 aliphatic heterocycles. The van der Waals surface area contributed by atoms with Crippen molar-refractivity contribution in [2.75, 3.05) is 0 Å². The van der Waals surface area contributed by atoms with Gasteiger partial charge in [-0.3, -0.25) is 0 Å². The fourth-order valence-electron chi connectivity index (χ4n) is 1.59. The van der Waals surface area contributed by atoms with Gasteiger partial charge in [-0.05, 0) is 24.6 Å². The average molecular weight is 280 g/mol. The van der Waals surface area contributed by atoms with Crippen molar-refractivity contribution in [3.63, 3.8) is 0 Å². The summed E-state index contributed by atoms with van der Waals surface area (Å²) < 4.78 is 24.0. The molecule has 0 aliphatic carbocycles. The van der Waals surface area contributed by atoms with Crippen LogP contribution in [0.25, 0.3) is 0 Å². The third-order valence-corrected chi connectivity index (χ3v) is 2.79. The van der Waals surface area contributed by atoms with Crippen LogP contribution in [0.5, 0.6) is 5.75 Å². The van der Waals surface area contributed by atoms with Gasteiger partial charge in [-0.15, -0.1) is 0 Å². The smallest absolute Gasteiger partial charge is 0.264 e. The molecule has 1 aromatic heterocycles. The number of aliphatic hydroxyl groups is 1. The molecule has 20 heavy (non-hydrogen) atoms. The van der Waals surface area contributed by atoms with Gasteiger partial charge in [-0.2, -0.15) is 4.98 Å².